The highest BCUT2D eigenvalue weighted by Crippen LogP contribution is 2.25. The molecule has 0 unspecified atom stereocenters. The van der Waals surface area contributed by atoms with E-state index >= 15 is 0 Å². The average Bonchev–Trinajstić information content (AvgIpc) is 2.91. The van der Waals surface area contributed by atoms with Crippen LogP contribution < -0.4 is 5.32 Å². The second-order valence-corrected chi connectivity index (χ2v) is 5.23. The fourth-order valence-corrected chi connectivity index (χ4v) is 2.56. The summed E-state index contributed by atoms with van der Waals surface area (Å²) in [5, 5.41) is 12.9. The Labute approximate surface area is 116 Å². The molecule has 4 rings (SSSR count). The predicted molar refractivity (Wildman–Crippen MR) is 77.1 cm³/mol. The highest BCUT2D eigenvalue weighted by molar-refractivity contribution is 5.92. The number of nitrogens with zero attached hydrogens (tertiary/aromatic N) is 4. The number of pyridine rings is 1. The summed E-state index contributed by atoms with van der Waals surface area (Å²) in [6.45, 7) is 3.08. The van der Waals surface area contributed by atoms with E-state index in [9.17, 15) is 0 Å². The lowest BCUT2D eigenvalue weighted by molar-refractivity contribution is 0.293. The maximum Gasteiger partial charge on any atom is 0.115 e. The number of fused-ring (bicyclic) bond motifs is 1. The van der Waals surface area contributed by atoms with Gasteiger partial charge in [-0.3, -0.25) is 9.67 Å². The highest BCUT2D eigenvalue weighted by atomic mass is 15.4. The summed E-state index contributed by atoms with van der Waals surface area (Å²) in [7, 11) is 0. The molecule has 0 amide bonds. The van der Waals surface area contributed by atoms with Crippen LogP contribution in [0.5, 0.6) is 0 Å². The number of hydrogen-bond acceptors (Lipinski definition) is 4. The van der Waals surface area contributed by atoms with Crippen molar-refractivity contribution in [3.63, 3.8) is 0 Å². The summed E-state index contributed by atoms with van der Waals surface area (Å²) in [4.78, 5) is 4.47. The average molecular weight is 265 g/mol. The Balaban J connectivity index is 1.71. The number of aromatic nitrogens is 4. The molecule has 1 fully saturated rings. The van der Waals surface area contributed by atoms with Crippen LogP contribution >= 0.6 is 0 Å². The molecule has 0 spiro atoms. The Morgan fingerprint density at radius 3 is 2.95 bits per heavy atom. The van der Waals surface area contributed by atoms with Crippen LogP contribution in [0.3, 0.4) is 0 Å². The third-order valence-corrected chi connectivity index (χ3v) is 3.76. The summed E-state index contributed by atoms with van der Waals surface area (Å²) in [6.07, 6.45) is 3.83. The van der Waals surface area contributed by atoms with Crippen LogP contribution in [0.25, 0.3) is 22.2 Å². The quantitative estimate of drug-likeness (QED) is 0.783. The van der Waals surface area contributed by atoms with Crippen molar-refractivity contribution in [2.24, 2.45) is 5.92 Å². The lowest BCUT2D eigenvalue weighted by Crippen LogP contribution is -2.44. The van der Waals surface area contributed by atoms with Gasteiger partial charge in [-0.1, -0.05) is 29.5 Å². The van der Waals surface area contributed by atoms with E-state index in [0.717, 1.165) is 41.8 Å². The van der Waals surface area contributed by atoms with Crippen molar-refractivity contribution in [1.82, 2.24) is 25.3 Å². The zero-order valence-electron chi connectivity index (χ0n) is 11.0. The van der Waals surface area contributed by atoms with Gasteiger partial charge in [0.05, 0.1) is 11.7 Å². The van der Waals surface area contributed by atoms with Crippen molar-refractivity contribution in [1.29, 1.82) is 0 Å². The van der Waals surface area contributed by atoms with Crippen LogP contribution in [0.4, 0.5) is 0 Å². The molecule has 1 aromatic carbocycles. The second-order valence-electron chi connectivity index (χ2n) is 5.23. The van der Waals surface area contributed by atoms with E-state index in [4.69, 9.17) is 0 Å². The van der Waals surface area contributed by atoms with Gasteiger partial charge < -0.3 is 5.32 Å². The summed E-state index contributed by atoms with van der Waals surface area (Å²) in [5.41, 5.74) is 2.91. The smallest absolute Gasteiger partial charge is 0.115 e. The van der Waals surface area contributed by atoms with Gasteiger partial charge in [-0.25, -0.2) is 0 Å². The van der Waals surface area contributed by atoms with Crippen LogP contribution in [-0.2, 0) is 6.54 Å². The fourth-order valence-electron chi connectivity index (χ4n) is 2.56. The van der Waals surface area contributed by atoms with Gasteiger partial charge in [0.25, 0.3) is 0 Å². The highest BCUT2D eigenvalue weighted by Gasteiger charge is 2.18. The van der Waals surface area contributed by atoms with E-state index in [2.05, 4.69) is 38.8 Å². The minimum Gasteiger partial charge on any atom is -0.316 e. The fraction of sp³-hybridized carbons (Fsp3) is 0.267. The molecule has 3 aromatic rings. The van der Waals surface area contributed by atoms with E-state index in [1.807, 2.05) is 29.2 Å². The Kier molecular flexibility index (Phi) is 2.70. The first-order valence-corrected chi connectivity index (χ1v) is 6.85. The van der Waals surface area contributed by atoms with Crippen molar-refractivity contribution in [2.45, 2.75) is 6.54 Å². The minimum absolute atomic E-state index is 0.676. The van der Waals surface area contributed by atoms with Gasteiger partial charge >= 0.3 is 0 Å². The molecule has 1 saturated heterocycles. The molecule has 0 bridgehead atoms. The Hall–Kier alpha value is -2.27. The van der Waals surface area contributed by atoms with E-state index in [0.29, 0.717) is 5.92 Å². The van der Waals surface area contributed by atoms with Crippen LogP contribution in [0.2, 0.25) is 0 Å². The first kappa shape index (κ1) is 11.5. The summed E-state index contributed by atoms with van der Waals surface area (Å²) >= 11 is 0. The minimum atomic E-state index is 0.676. The predicted octanol–water partition coefficient (Wildman–Crippen LogP) is 1.71. The van der Waals surface area contributed by atoms with Crippen molar-refractivity contribution < 1.29 is 0 Å². The van der Waals surface area contributed by atoms with Crippen LogP contribution in [0.1, 0.15) is 0 Å². The third-order valence-electron chi connectivity index (χ3n) is 3.76. The summed E-state index contributed by atoms with van der Waals surface area (Å²) in [5.74, 6) is 0.676. The molecule has 3 heterocycles. The van der Waals surface area contributed by atoms with Gasteiger partial charge in [0, 0.05) is 42.7 Å². The normalized spacial score (nSPS) is 15.4. The molecule has 0 aliphatic carbocycles. The largest absolute Gasteiger partial charge is 0.316 e. The summed E-state index contributed by atoms with van der Waals surface area (Å²) in [6, 6.07) is 10.2. The molecule has 1 N–H and O–H groups in total. The zero-order valence-corrected chi connectivity index (χ0v) is 11.0. The van der Waals surface area contributed by atoms with E-state index in [-0.39, 0.29) is 0 Å². The summed E-state index contributed by atoms with van der Waals surface area (Å²) < 4.78 is 1.93. The van der Waals surface area contributed by atoms with E-state index < -0.39 is 0 Å². The topological polar surface area (TPSA) is 55.6 Å². The maximum atomic E-state index is 4.47. The van der Waals surface area contributed by atoms with Crippen LogP contribution in [-0.4, -0.2) is 33.1 Å². The molecule has 5 heteroatoms. The molecular weight excluding hydrogens is 250 g/mol. The number of rotatable bonds is 3. The van der Waals surface area contributed by atoms with Crippen molar-refractivity contribution >= 4 is 10.9 Å². The molecule has 1 aliphatic heterocycles. The third kappa shape index (κ3) is 1.96. The molecular formula is C15H15N5. The molecule has 0 saturated carbocycles. The Bertz CT molecular complexity index is 739. The number of hydrogen-bond donors (Lipinski definition) is 1. The zero-order chi connectivity index (χ0) is 13.4. The Morgan fingerprint density at radius 1 is 1.20 bits per heavy atom. The Morgan fingerprint density at radius 2 is 2.10 bits per heavy atom. The van der Waals surface area contributed by atoms with Crippen molar-refractivity contribution in [2.75, 3.05) is 13.1 Å². The van der Waals surface area contributed by atoms with Crippen LogP contribution in [0, 0.1) is 5.92 Å². The lowest BCUT2D eigenvalue weighted by Gasteiger charge is -2.26. The molecule has 100 valence electrons. The standard InChI is InChI=1S/C15H15N5/c1-3-12-4-2-6-17-15(12)13(5-1)14-10-20(19-18-14)9-11-7-16-8-11/h1-6,10-11,16H,7-9H2. The SMILES string of the molecule is c1cnc2c(-c3cn(CC4CNC4)nn3)cccc2c1. The van der Waals surface area contributed by atoms with Gasteiger partial charge in [-0.2, -0.15) is 0 Å². The van der Waals surface area contributed by atoms with Gasteiger partial charge in [0.15, 0.2) is 0 Å². The second kappa shape index (κ2) is 4.68. The van der Waals surface area contributed by atoms with E-state index in [1.54, 1.807) is 0 Å². The van der Waals surface area contributed by atoms with Gasteiger partial charge in [-0.05, 0) is 6.07 Å². The molecule has 0 atom stereocenters. The first-order valence-electron chi connectivity index (χ1n) is 6.85. The van der Waals surface area contributed by atoms with Crippen molar-refractivity contribution in [3.05, 3.63) is 42.7 Å². The number of nitrogens with one attached hydrogen (secondary N) is 1. The molecule has 2 aromatic heterocycles. The molecule has 5 nitrogen and oxygen atoms in total. The lowest BCUT2D eigenvalue weighted by atomic mass is 10.0. The van der Waals surface area contributed by atoms with Gasteiger partial charge in [0.1, 0.15) is 5.69 Å². The van der Waals surface area contributed by atoms with Crippen LogP contribution in [0.15, 0.2) is 42.7 Å². The molecule has 1 aliphatic rings. The number of benzene rings is 1. The molecule has 20 heavy (non-hydrogen) atoms. The van der Waals surface area contributed by atoms with Gasteiger partial charge in [-0.15, -0.1) is 5.10 Å². The van der Waals surface area contributed by atoms with E-state index in [1.165, 1.54) is 0 Å². The monoisotopic (exact) mass is 265 g/mol. The molecule has 0 radical (unpaired) electrons. The maximum absolute atomic E-state index is 4.47. The first-order chi connectivity index (χ1) is 9.90. The number of para-hydroxylation sites is 1. The van der Waals surface area contributed by atoms with Crippen molar-refractivity contribution in [3.8, 4) is 11.3 Å². The van der Waals surface area contributed by atoms with Gasteiger partial charge in [0.2, 0.25) is 0 Å².